The summed E-state index contributed by atoms with van der Waals surface area (Å²) in [7, 11) is 0. The SMILES string of the molecule is CC(C)Cc1ccc2ccc3[n+](c2c1)=CC(c1[c-]c2ccccc2c(C(C)(C)C)c1)N=3.CCC(CC)C(=O)/C=C(\O)C(CC)CC.[Ir]. The molecule has 1 aromatic heterocycles. The van der Waals surface area contributed by atoms with Crippen LogP contribution in [-0.4, -0.2) is 10.9 Å². The number of rotatable bonds is 10. The van der Waals surface area contributed by atoms with Crippen LogP contribution in [0, 0.1) is 30.0 Å². The molecule has 4 aromatic rings. The van der Waals surface area contributed by atoms with E-state index in [0.717, 1.165) is 43.2 Å². The molecule has 5 heteroatoms. The summed E-state index contributed by atoms with van der Waals surface area (Å²) in [6, 6.07) is 25.7. The van der Waals surface area contributed by atoms with Gasteiger partial charge in [0.05, 0.1) is 5.76 Å². The van der Waals surface area contributed by atoms with Crippen LogP contribution in [-0.2, 0) is 36.7 Å². The van der Waals surface area contributed by atoms with Gasteiger partial charge in [0, 0.05) is 49.5 Å². The quantitative estimate of drug-likeness (QED) is 0.0751. The van der Waals surface area contributed by atoms with E-state index in [2.05, 4.69) is 112 Å². The van der Waals surface area contributed by atoms with E-state index < -0.39 is 0 Å². The second kappa shape index (κ2) is 16.8. The molecule has 5 rings (SSSR count). The van der Waals surface area contributed by atoms with Crippen LogP contribution in [0.1, 0.15) is 111 Å². The molecule has 253 valence electrons. The summed E-state index contributed by atoms with van der Waals surface area (Å²) in [5.74, 6) is 1.19. The number of aliphatic hydroxyl groups excluding tert-OH is 1. The minimum atomic E-state index is -0.0231. The monoisotopic (exact) mass is 811 g/mol. The fourth-order valence-corrected chi connectivity index (χ4v) is 6.45. The number of benzene rings is 3. The Morgan fingerprint density at radius 2 is 1.57 bits per heavy atom. The second-order valence-electron chi connectivity index (χ2n) is 14.2. The fraction of sp³-hybridized carbons (Fsp3) is 0.452. The van der Waals surface area contributed by atoms with Crippen LogP contribution in [0.25, 0.3) is 21.7 Å². The average Bonchev–Trinajstić information content (AvgIpc) is 3.46. The van der Waals surface area contributed by atoms with Crippen molar-refractivity contribution in [2.75, 3.05) is 0 Å². The van der Waals surface area contributed by atoms with Crippen molar-refractivity contribution >= 4 is 27.5 Å². The van der Waals surface area contributed by atoms with Crippen molar-refractivity contribution in [3.05, 3.63) is 107 Å². The van der Waals surface area contributed by atoms with Gasteiger partial charge in [0.15, 0.2) is 5.78 Å². The molecular formula is C42H54IrN2O2. The molecule has 2 heterocycles. The number of aliphatic hydroxyl groups is 1. The Kier molecular flexibility index (Phi) is 13.7. The first-order valence-corrected chi connectivity index (χ1v) is 17.3. The number of carbonyl (C=O) groups excluding carboxylic acids is 1. The molecule has 0 spiro atoms. The van der Waals surface area contributed by atoms with Crippen LogP contribution in [0.15, 0.2) is 77.5 Å². The van der Waals surface area contributed by atoms with Crippen molar-refractivity contribution in [1.29, 1.82) is 0 Å². The summed E-state index contributed by atoms with van der Waals surface area (Å²) in [5.41, 5.74) is 6.18. The summed E-state index contributed by atoms with van der Waals surface area (Å²) < 4.78 is 2.27. The number of nitrogens with zero attached hydrogens (tertiary/aromatic N) is 2. The molecular weight excluding hydrogens is 757 g/mol. The van der Waals surface area contributed by atoms with Gasteiger partial charge < -0.3 is 5.11 Å². The van der Waals surface area contributed by atoms with Gasteiger partial charge in [-0.15, -0.1) is 40.6 Å². The van der Waals surface area contributed by atoms with Gasteiger partial charge in [-0.25, -0.2) is 0 Å². The Morgan fingerprint density at radius 1 is 0.936 bits per heavy atom. The van der Waals surface area contributed by atoms with Crippen molar-refractivity contribution in [3.63, 3.8) is 0 Å². The maximum atomic E-state index is 11.7. The summed E-state index contributed by atoms with van der Waals surface area (Å²) in [6.07, 6.45) is 8.25. The molecule has 0 aliphatic carbocycles. The van der Waals surface area contributed by atoms with Gasteiger partial charge >= 0.3 is 5.49 Å². The third kappa shape index (κ3) is 9.27. The van der Waals surface area contributed by atoms with E-state index in [1.54, 1.807) is 0 Å². The zero-order valence-corrected chi connectivity index (χ0v) is 32.3. The maximum Gasteiger partial charge on any atom is 0.323 e. The topological polar surface area (TPSA) is 55.6 Å². The number of ketones is 1. The first-order valence-electron chi connectivity index (χ1n) is 17.3. The Morgan fingerprint density at radius 3 is 2.19 bits per heavy atom. The van der Waals surface area contributed by atoms with Gasteiger partial charge in [-0.05, 0) is 61.1 Å². The minimum Gasteiger partial charge on any atom is -0.512 e. The van der Waals surface area contributed by atoms with Crippen molar-refractivity contribution in [2.24, 2.45) is 22.7 Å². The average molecular weight is 811 g/mol. The number of hydrogen-bond acceptors (Lipinski definition) is 3. The molecule has 1 atom stereocenters. The van der Waals surface area contributed by atoms with Crippen LogP contribution in [0.2, 0.25) is 0 Å². The van der Waals surface area contributed by atoms with Crippen LogP contribution < -0.4 is 9.73 Å². The molecule has 1 radical (unpaired) electrons. The number of aromatic nitrogens is 1. The van der Waals surface area contributed by atoms with Crippen LogP contribution >= 0.6 is 0 Å². The van der Waals surface area contributed by atoms with Gasteiger partial charge in [0.25, 0.3) is 0 Å². The molecule has 0 bridgehead atoms. The summed E-state index contributed by atoms with van der Waals surface area (Å²) >= 11 is 0. The largest absolute Gasteiger partial charge is 0.512 e. The second-order valence-corrected chi connectivity index (χ2v) is 14.2. The molecule has 0 saturated carbocycles. The Labute approximate surface area is 296 Å². The zero-order chi connectivity index (χ0) is 33.6. The third-order valence-corrected chi connectivity index (χ3v) is 9.22. The first kappa shape index (κ1) is 38.3. The number of pyridine rings is 1. The number of carbonyl (C=O) groups is 1. The van der Waals surface area contributed by atoms with E-state index >= 15 is 0 Å². The summed E-state index contributed by atoms with van der Waals surface area (Å²) in [4.78, 5) is 16.8. The molecule has 1 aliphatic rings. The molecule has 1 aliphatic heterocycles. The van der Waals surface area contributed by atoms with Gasteiger partial charge in [0.1, 0.15) is 11.7 Å². The fourth-order valence-electron chi connectivity index (χ4n) is 6.45. The molecule has 1 N–H and O–H groups in total. The Bertz CT molecular complexity index is 1830. The Hall–Kier alpha value is -3.14. The predicted octanol–water partition coefficient (Wildman–Crippen LogP) is 9.83. The number of fused-ring (bicyclic) bond motifs is 4. The van der Waals surface area contributed by atoms with E-state index in [-0.39, 0.29) is 54.9 Å². The molecule has 0 fully saturated rings. The van der Waals surface area contributed by atoms with Crippen molar-refractivity contribution in [2.45, 2.75) is 106 Å². The first-order chi connectivity index (χ1) is 21.9. The van der Waals surface area contributed by atoms with Crippen molar-refractivity contribution in [1.82, 2.24) is 0 Å². The van der Waals surface area contributed by atoms with Gasteiger partial charge in [-0.2, -0.15) is 4.24 Å². The molecule has 4 nitrogen and oxygen atoms in total. The normalized spacial score (nSPS) is 14.5. The molecule has 0 saturated heterocycles. The smallest absolute Gasteiger partial charge is 0.323 e. The van der Waals surface area contributed by atoms with Crippen LogP contribution in [0.3, 0.4) is 0 Å². The van der Waals surface area contributed by atoms with E-state index in [1.807, 2.05) is 27.7 Å². The predicted molar refractivity (Wildman–Crippen MR) is 192 cm³/mol. The van der Waals surface area contributed by atoms with E-state index in [0.29, 0.717) is 5.92 Å². The summed E-state index contributed by atoms with van der Waals surface area (Å²) in [6.45, 7) is 19.4. The van der Waals surface area contributed by atoms with E-state index in [9.17, 15) is 9.90 Å². The standard InChI is InChI=1S/C29H30N2.C13H24O2.Ir/c1-19(2)14-20-10-11-21-12-13-28-30-26(18-31(28)27(21)15-20)23-16-22-8-6-7-9-24(22)25(17-23)29(3,4)5;1-5-10(6-2)12(14)9-13(15)11(7-3)8-4;/h6-13,15,17-19,26H,14H2,1-5H3;9-11,14H,5-8H2,1-4H3;/b;12-9-;. The molecule has 3 aromatic carbocycles. The maximum absolute atomic E-state index is 11.7. The molecule has 0 amide bonds. The Balaban J connectivity index is 0.000000322. The van der Waals surface area contributed by atoms with Crippen molar-refractivity contribution in [3.8, 4) is 0 Å². The molecule has 1 unspecified atom stereocenters. The summed E-state index contributed by atoms with van der Waals surface area (Å²) in [5, 5.41) is 13.5. The third-order valence-electron chi connectivity index (χ3n) is 9.22. The van der Waals surface area contributed by atoms with Crippen LogP contribution in [0.4, 0.5) is 0 Å². The van der Waals surface area contributed by atoms with Gasteiger partial charge in [-0.1, -0.05) is 97.1 Å². The van der Waals surface area contributed by atoms with E-state index in [1.165, 1.54) is 38.9 Å². The van der Waals surface area contributed by atoms with Gasteiger partial charge in [0.2, 0.25) is 6.04 Å². The minimum absolute atomic E-state index is 0. The number of hydrogen-bond donors (Lipinski definition) is 1. The van der Waals surface area contributed by atoms with E-state index in [4.69, 9.17) is 4.99 Å². The van der Waals surface area contributed by atoms with Gasteiger partial charge in [-0.3, -0.25) is 4.79 Å². The van der Waals surface area contributed by atoms with Crippen LogP contribution in [0.5, 0.6) is 0 Å². The number of allylic oxidation sites excluding steroid dienone is 2. The molecule has 47 heavy (non-hydrogen) atoms. The zero-order valence-electron chi connectivity index (χ0n) is 29.9. The van der Waals surface area contributed by atoms with Crippen molar-refractivity contribution < 1.29 is 34.2 Å².